The van der Waals surface area contributed by atoms with Gasteiger partial charge in [-0.3, -0.25) is 0 Å². The fourth-order valence-electron chi connectivity index (χ4n) is 8.19. The van der Waals surface area contributed by atoms with Crippen LogP contribution in [0.25, 0.3) is 0 Å². The maximum absolute atomic E-state index is 2.48. The first-order valence-electron chi connectivity index (χ1n) is 24.0. The van der Waals surface area contributed by atoms with Crippen LogP contribution in [0.3, 0.4) is 0 Å². The van der Waals surface area contributed by atoms with Gasteiger partial charge in [-0.2, -0.15) is 0 Å². The lowest BCUT2D eigenvalue weighted by Gasteiger charge is -2.32. The Bertz CT molecular complexity index is 572. The van der Waals surface area contributed by atoms with Crippen molar-refractivity contribution in [2.75, 3.05) is 54.4 Å². The van der Waals surface area contributed by atoms with Crippen molar-refractivity contribution >= 4 is 0 Å². The van der Waals surface area contributed by atoms with Crippen LogP contribution in [0.5, 0.6) is 0 Å². The van der Waals surface area contributed by atoms with Gasteiger partial charge >= 0.3 is 0 Å². The van der Waals surface area contributed by atoms with Crippen molar-refractivity contribution < 1.29 is 8.97 Å². The second-order valence-corrected chi connectivity index (χ2v) is 18.5. The van der Waals surface area contributed by atoms with Gasteiger partial charge in [0.15, 0.2) is 0 Å². The summed E-state index contributed by atoms with van der Waals surface area (Å²) in [4.78, 5) is 0. The van der Waals surface area contributed by atoms with E-state index in [-0.39, 0.29) is 0 Å². The lowest BCUT2D eigenvalue weighted by Crippen LogP contribution is -2.43. The predicted octanol–water partition coefficient (Wildman–Crippen LogP) is 16.0. The molecule has 302 valence electrons. The molecule has 0 aromatic carbocycles. The Labute approximate surface area is 320 Å². The van der Waals surface area contributed by atoms with Crippen LogP contribution in [0.2, 0.25) is 0 Å². The standard InChI is InChI=1S/C48H102N2/c1-7-9-11-13-15-17-19-21-23-25-27-29-31-33-35-37-39-41-45-49(3,4)47-43-44-48-50(5,6)46-42-40-38-36-34-32-30-28-26-24-22-20-18-16-14-12-10-8-2/h7-48H2,1-6H3/q+2. The van der Waals surface area contributed by atoms with Gasteiger partial charge in [0.05, 0.1) is 54.4 Å². The minimum Gasteiger partial charge on any atom is -0.328 e. The average Bonchev–Trinajstić information content (AvgIpc) is 3.09. The molecule has 0 rings (SSSR count). The molecule has 0 atom stereocenters. The molecule has 0 aliphatic carbocycles. The molecule has 0 fully saturated rings. The first-order chi connectivity index (χ1) is 24.3. The average molecular weight is 707 g/mol. The van der Waals surface area contributed by atoms with Gasteiger partial charge in [0.2, 0.25) is 0 Å². The van der Waals surface area contributed by atoms with Gasteiger partial charge in [0, 0.05) is 12.8 Å². The molecule has 0 bridgehead atoms. The van der Waals surface area contributed by atoms with E-state index in [4.69, 9.17) is 0 Å². The predicted molar refractivity (Wildman–Crippen MR) is 230 cm³/mol. The van der Waals surface area contributed by atoms with Crippen molar-refractivity contribution in [3.63, 3.8) is 0 Å². The highest BCUT2D eigenvalue weighted by Gasteiger charge is 2.17. The maximum Gasteiger partial charge on any atom is 0.0784 e. The van der Waals surface area contributed by atoms with Crippen LogP contribution in [0.1, 0.15) is 258 Å². The van der Waals surface area contributed by atoms with Crippen molar-refractivity contribution in [1.82, 2.24) is 0 Å². The molecule has 0 amide bonds. The monoisotopic (exact) mass is 707 g/mol. The van der Waals surface area contributed by atoms with E-state index >= 15 is 0 Å². The van der Waals surface area contributed by atoms with E-state index < -0.39 is 0 Å². The van der Waals surface area contributed by atoms with E-state index in [1.807, 2.05) is 0 Å². The fourth-order valence-corrected chi connectivity index (χ4v) is 8.19. The van der Waals surface area contributed by atoms with E-state index in [0.29, 0.717) is 0 Å². The Balaban J connectivity index is 3.45. The van der Waals surface area contributed by atoms with Gasteiger partial charge in [0.1, 0.15) is 0 Å². The summed E-state index contributed by atoms with van der Waals surface area (Å²) < 4.78 is 2.46. The summed E-state index contributed by atoms with van der Waals surface area (Å²) in [6.07, 6.45) is 55.5. The highest BCUT2D eigenvalue weighted by Crippen LogP contribution is 2.17. The zero-order valence-electron chi connectivity index (χ0n) is 36.6. The van der Waals surface area contributed by atoms with Crippen LogP contribution in [0, 0.1) is 0 Å². The number of hydrogen-bond donors (Lipinski definition) is 0. The smallest absolute Gasteiger partial charge is 0.0784 e. The number of hydrogen-bond acceptors (Lipinski definition) is 0. The summed E-state index contributed by atoms with van der Waals surface area (Å²) in [7, 11) is 9.91. The summed E-state index contributed by atoms with van der Waals surface area (Å²) in [5.41, 5.74) is 0. The molecule has 0 aliphatic heterocycles. The van der Waals surface area contributed by atoms with Gasteiger partial charge in [-0.1, -0.05) is 219 Å². The van der Waals surface area contributed by atoms with Crippen LogP contribution in [0.4, 0.5) is 0 Å². The Kier molecular flexibility index (Phi) is 38.6. The van der Waals surface area contributed by atoms with E-state index in [0.717, 1.165) is 0 Å². The first-order valence-corrected chi connectivity index (χ1v) is 24.0. The molecule has 0 aromatic heterocycles. The van der Waals surface area contributed by atoms with Gasteiger partial charge in [-0.05, 0) is 25.7 Å². The molecule has 0 unspecified atom stereocenters. The minimum atomic E-state index is 1.23. The molecular formula is C48H102N2+2. The lowest BCUT2D eigenvalue weighted by atomic mass is 10.0. The first kappa shape index (κ1) is 49.9. The SMILES string of the molecule is CCCCCCCCCCCCCCCCCCCC[N+](C)(C)CCCC[N+](C)(C)CCCCCCCCCCCCCCCCCCCC. The minimum absolute atomic E-state index is 1.23. The van der Waals surface area contributed by atoms with Crippen molar-refractivity contribution in [3.05, 3.63) is 0 Å². The molecule has 0 aromatic rings. The Morgan fingerprint density at radius 2 is 0.300 bits per heavy atom. The third-order valence-corrected chi connectivity index (χ3v) is 12.0. The molecule has 0 radical (unpaired) electrons. The second-order valence-electron chi connectivity index (χ2n) is 18.5. The molecule has 0 aliphatic rings. The molecule has 0 N–H and O–H groups in total. The van der Waals surface area contributed by atoms with Crippen LogP contribution in [-0.2, 0) is 0 Å². The maximum atomic E-state index is 2.48. The lowest BCUT2D eigenvalue weighted by molar-refractivity contribution is -0.897. The summed E-state index contributed by atoms with van der Waals surface area (Å²) in [6.45, 7) is 10.1. The molecular weight excluding hydrogens is 605 g/mol. The molecule has 50 heavy (non-hydrogen) atoms. The van der Waals surface area contributed by atoms with Gasteiger partial charge in [-0.25, -0.2) is 0 Å². The third-order valence-electron chi connectivity index (χ3n) is 12.0. The van der Waals surface area contributed by atoms with Gasteiger partial charge in [-0.15, -0.1) is 0 Å². The topological polar surface area (TPSA) is 0 Å². The van der Waals surface area contributed by atoms with Crippen molar-refractivity contribution in [3.8, 4) is 0 Å². The summed E-state index contributed by atoms with van der Waals surface area (Å²) >= 11 is 0. The molecule has 0 spiro atoms. The molecule has 2 nitrogen and oxygen atoms in total. The van der Waals surface area contributed by atoms with Crippen LogP contribution < -0.4 is 0 Å². The van der Waals surface area contributed by atoms with Gasteiger partial charge < -0.3 is 8.97 Å². The fraction of sp³-hybridized carbons (Fsp3) is 1.00. The van der Waals surface area contributed by atoms with Crippen molar-refractivity contribution in [2.45, 2.75) is 258 Å². The van der Waals surface area contributed by atoms with Crippen LogP contribution in [0.15, 0.2) is 0 Å². The molecule has 0 heterocycles. The Morgan fingerprint density at radius 1 is 0.180 bits per heavy atom. The quantitative estimate of drug-likeness (QED) is 0.0437. The summed E-state index contributed by atoms with van der Waals surface area (Å²) in [5, 5.41) is 0. The van der Waals surface area contributed by atoms with E-state index in [1.54, 1.807) is 0 Å². The normalized spacial score (nSPS) is 12.4. The number of rotatable bonds is 43. The Morgan fingerprint density at radius 3 is 0.460 bits per heavy atom. The van der Waals surface area contributed by atoms with Crippen molar-refractivity contribution in [2.24, 2.45) is 0 Å². The highest BCUT2D eigenvalue weighted by molar-refractivity contribution is 4.53. The Hall–Kier alpha value is -0.0800. The molecule has 0 saturated heterocycles. The zero-order valence-corrected chi connectivity index (χ0v) is 36.6. The summed E-state index contributed by atoms with van der Waals surface area (Å²) in [5.74, 6) is 0. The molecule has 2 heteroatoms. The largest absolute Gasteiger partial charge is 0.328 e. The van der Waals surface area contributed by atoms with Crippen LogP contribution >= 0.6 is 0 Å². The van der Waals surface area contributed by atoms with Crippen LogP contribution in [-0.4, -0.2) is 63.3 Å². The van der Waals surface area contributed by atoms with E-state index in [2.05, 4.69) is 42.0 Å². The van der Waals surface area contributed by atoms with E-state index in [1.165, 1.54) is 279 Å². The molecule has 0 saturated carbocycles. The second kappa shape index (κ2) is 38.6. The highest BCUT2D eigenvalue weighted by atomic mass is 15.3. The van der Waals surface area contributed by atoms with Crippen molar-refractivity contribution in [1.29, 1.82) is 0 Å². The number of quaternary nitrogens is 2. The summed E-state index contributed by atoms with van der Waals surface area (Å²) in [6, 6.07) is 0. The van der Waals surface area contributed by atoms with Gasteiger partial charge in [0.25, 0.3) is 0 Å². The number of unbranched alkanes of at least 4 members (excludes halogenated alkanes) is 35. The number of nitrogens with zero attached hydrogens (tertiary/aromatic N) is 2. The third kappa shape index (κ3) is 40.7. The zero-order chi connectivity index (χ0) is 36.7. The van der Waals surface area contributed by atoms with E-state index in [9.17, 15) is 0 Å².